The minimum Gasteiger partial charge on any atom is -0.466 e. The first kappa shape index (κ1) is 20.4. The van der Waals surface area contributed by atoms with E-state index < -0.39 is 10.9 Å². The normalized spacial score (nSPS) is 17.7. The Bertz CT molecular complexity index is 662. The first-order chi connectivity index (χ1) is 12.5. The molecule has 7 heteroatoms. The van der Waals surface area contributed by atoms with E-state index in [9.17, 15) is 14.4 Å². The molecule has 1 aliphatic heterocycles. The van der Waals surface area contributed by atoms with Gasteiger partial charge in [-0.05, 0) is 45.8 Å². The fourth-order valence-electron chi connectivity index (χ4n) is 3.53. The predicted octanol–water partition coefficient (Wildman–Crippen LogP) is 1.21. The maximum atomic E-state index is 12.1. The fraction of sp³-hybridized carbons (Fsp3) is 0.737. The molecule has 1 saturated heterocycles. The van der Waals surface area contributed by atoms with Crippen LogP contribution in [0.15, 0.2) is 9.59 Å². The Morgan fingerprint density at radius 2 is 1.96 bits per heavy atom. The zero-order chi connectivity index (χ0) is 19.1. The zero-order valence-corrected chi connectivity index (χ0v) is 16.2. The third-order valence-corrected chi connectivity index (χ3v) is 5.09. The maximum Gasteiger partial charge on any atom is 0.310 e. The Balaban J connectivity index is 1.96. The van der Waals surface area contributed by atoms with Crippen molar-refractivity contribution in [2.75, 3.05) is 56.1 Å². The van der Waals surface area contributed by atoms with Crippen molar-refractivity contribution in [1.82, 2.24) is 4.90 Å². The van der Waals surface area contributed by atoms with Crippen molar-refractivity contribution in [2.24, 2.45) is 5.92 Å². The Morgan fingerprint density at radius 1 is 1.23 bits per heavy atom. The first-order valence-corrected chi connectivity index (χ1v) is 9.74. The van der Waals surface area contributed by atoms with E-state index >= 15 is 0 Å². The van der Waals surface area contributed by atoms with Gasteiger partial charge in [0.05, 0.1) is 12.5 Å². The lowest BCUT2D eigenvalue weighted by molar-refractivity contribution is -0.148. The topological polar surface area (TPSA) is 79.0 Å². The van der Waals surface area contributed by atoms with Crippen LogP contribution in [0.4, 0.5) is 11.4 Å². The number of nitrogens with zero attached hydrogens (tertiary/aromatic N) is 2. The van der Waals surface area contributed by atoms with E-state index in [4.69, 9.17) is 4.74 Å². The molecular formula is C19H31N3O4. The van der Waals surface area contributed by atoms with Crippen LogP contribution >= 0.6 is 0 Å². The number of hydrogen-bond donors (Lipinski definition) is 1. The molecule has 1 aromatic carbocycles. The third-order valence-electron chi connectivity index (χ3n) is 5.09. The molecule has 0 aromatic heterocycles. The summed E-state index contributed by atoms with van der Waals surface area (Å²) in [6, 6.07) is 0. The minimum absolute atomic E-state index is 0.218. The Labute approximate surface area is 155 Å². The van der Waals surface area contributed by atoms with Crippen LogP contribution in [0.2, 0.25) is 0 Å². The van der Waals surface area contributed by atoms with Gasteiger partial charge in [0, 0.05) is 19.6 Å². The number of hydrogen-bond acceptors (Lipinski definition) is 7. The molecule has 1 N–H and O–H groups in total. The van der Waals surface area contributed by atoms with Gasteiger partial charge in [-0.3, -0.25) is 14.4 Å². The van der Waals surface area contributed by atoms with E-state index in [2.05, 4.69) is 24.1 Å². The van der Waals surface area contributed by atoms with Gasteiger partial charge in [0.2, 0.25) is 0 Å². The number of piperidine rings is 1. The van der Waals surface area contributed by atoms with Gasteiger partial charge in [-0.2, -0.15) is 0 Å². The summed E-state index contributed by atoms with van der Waals surface area (Å²) in [6.07, 6.45) is 2.48. The molecule has 0 bridgehead atoms. The maximum absolute atomic E-state index is 12.1. The van der Waals surface area contributed by atoms with Crippen LogP contribution < -0.4 is 21.1 Å². The number of esters is 1. The van der Waals surface area contributed by atoms with Crippen LogP contribution in [0.5, 0.6) is 0 Å². The van der Waals surface area contributed by atoms with Crippen molar-refractivity contribution in [3.8, 4) is 0 Å². The highest BCUT2D eigenvalue weighted by molar-refractivity contribution is 5.78. The Morgan fingerprint density at radius 3 is 2.62 bits per heavy atom. The van der Waals surface area contributed by atoms with Crippen LogP contribution in [0.1, 0.15) is 40.0 Å². The standard InChI is InChI=1S/C19H31N3O4/c1-4-21(5-2)11-8-10-20-15-16(18(24)17(15)23)22-12-7-9-14(13-22)19(25)26-6-3/h14,20H,4-13H2,1-3H3/t14-/m0/s1. The third kappa shape index (κ3) is 4.63. The van der Waals surface area contributed by atoms with E-state index in [1.165, 1.54) is 0 Å². The van der Waals surface area contributed by atoms with E-state index in [1.54, 1.807) is 6.92 Å². The molecule has 146 valence electrons. The molecule has 1 heterocycles. The molecule has 1 atom stereocenters. The van der Waals surface area contributed by atoms with Crippen molar-refractivity contribution in [1.29, 1.82) is 0 Å². The average Bonchev–Trinajstić information content (AvgIpc) is 2.66. The molecule has 0 aliphatic carbocycles. The molecular weight excluding hydrogens is 334 g/mol. The van der Waals surface area contributed by atoms with Gasteiger partial charge in [0.25, 0.3) is 10.9 Å². The van der Waals surface area contributed by atoms with Crippen LogP contribution in [-0.4, -0.2) is 56.7 Å². The molecule has 0 unspecified atom stereocenters. The highest BCUT2D eigenvalue weighted by Gasteiger charge is 2.32. The summed E-state index contributed by atoms with van der Waals surface area (Å²) < 4.78 is 5.11. The zero-order valence-electron chi connectivity index (χ0n) is 16.2. The molecule has 1 aromatic rings. The second-order valence-electron chi connectivity index (χ2n) is 6.73. The SMILES string of the molecule is CCOC(=O)[C@H]1CCCN(c2c(NCCCN(CC)CC)c(=O)c2=O)C1. The molecule has 2 rings (SSSR count). The highest BCUT2D eigenvalue weighted by Crippen LogP contribution is 2.27. The molecule has 0 amide bonds. The van der Waals surface area contributed by atoms with E-state index in [1.807, 2.05) is 4.90 Å². The number of nitrogens with one attached hydrogen (secondary N) is 1. The van der Waals surface area contributed by atoms with Crippen molar-refractivity contribution >= 4 is 17.3 Å². The summed E-state index contributed by atoms with van der Waals surface area (Å²) in [5.74, 6) is -0.451. The average molecular weight is 365 g/mol. The largest absolute Gasteiger partial charge is 0.466 e. The molecule has 1 fully saturated rings. The number of ether oxygens (including phenoxy) is 1. The molecule has 7 nitrogen and oxygen atoms in total. The van der Waals surface area contributed by atoms with Crippen molar-refractivity contribution in [2.45, 2.75) is 40.0 Å². The number of rotatable bonds is 10. The number of carbonyl (C=O) groups is 1. The lowest BCUT2D eigenvalue weighted by atomic mass is 9.96. The van der Waals surface area contributed by atoms with E-state index in [0.717, 1.165) is 38.9 Å². The summed E-state index contributed by atoms with van der Waals surface area (Å²) in [4.78, 5) is 40.3. The lowest BCUT2D eigenvalue weighted by Crippen LogP contribution is -2.47. The predicted molar refractivity (Wildman–Crippen MR) is 104 cm³/mol. The summed E-state index contributed by atoms with van der Waals surface area (Å²) >= 11 is 0. The highest BCUT2D eigenvalue weighted by atomic mass is 16.5. The summed E-state index contributed by atoms with van der Waals surface area (Å²) in [5, 5.41) is 3.14. The molecule has 0 saturated carbocycles. The van der Waals surface area contributed by atoms with Crippen molar-refractivity contribution in [3.05, 3.63) is 20.4 Å². The number of carbonyl (C=O) groups excluding carboxylic acids is 1. The van der Waals surface area contributed by atoms with Gasteiger partial charge < -0.3 is 19.9 Å². The fourth-order valence-corrected chi connectivity index (χ4v) is 3.53. The van der Waals surface area contributed by atoms with Gasteiger partial charge in [-0.25, -0.2) is 0 Å². The summed E-state index contributed by atoms with van der Waals surface area (Å²) in [6.45, 7) is 11.2. The van der Waals surface area contributed by atoms with Gasteiger partial charge in [-0.1, -0.05) is 13.8 Å². The Kier molecular flexibility index (Phi) is 7.63. The van der Waals surface area contributed by atoms with Gasteiger partial charge in [-0.15, -0.1) is 0 Å². The van der Waals surface area contributed by atoms with Crippen LogP contribution in [0, 0.1) is 5.92 Å². The minimum atomic E-state index is -0.444. The Hall–Kier alpha value is -1.89. The van der Waals surface area contributed by atoms with Crippen LogP contribution in [0.25, 0.3) is 0 Å². The lowest BCUT2D eigenvalue weighted by Gasteiger charge is -2.34. The molecule has 1 aliphatic rings. The van der Waals surface area contributed by atoms with Crippen molar-refractivity contribution in [3.63, 3.8) is 0 Å². The summed E-state index contributed by atoms with van der Waals surface area (Å²) in [5.41, 5.74) is -0.0206. The van der Waals surface area contributed by atoms with Crippen molar-refractivity contribution < 1.29 is 9.53 Å². The van der Waals surface area contributed by atoms with Crippen LogP contribution in [-0.2, 0) is 9.53 Å². The first-order valence-electron chi connectivity index (χ1n) is 9.74. The van der Waals surface area contributed by atoms with E-state index in [-0.39, 0.29) is 11.9 Å². The van der Waals surface area contributed by atoms with Gasteiger partial charge in [0.15, 0.2) is 0 Å². The quantitative estimate of drug-likeness (QED) is 0.379. The molecule has 0 radical (unpaired) electrons. The molecule has 26 heavy (non-hydrogen) atoms. The monoisotopic (exact) mass is 365 g/mol. The van der Waals surface area contributed by atoms with Gasteiger partial charge >= 0.3 is 5.97 Å². The van der Waals surface area contributed by atoms with E-state index in [0.29, 0.717) is 37.6 Å². The second-order valence-corrected chi connectivity index (χ2v) is 6.73. The second kappa shape index (κ2) is 9.71. The number of anilines is 2. The molecule has 0 spiro atoms. The van der Waals surface area contributed by atoms with Crippen LogP contribution in [0.3, 0.4) is 0 Å². The smallest absolute Gasteiger partial charge is 0.310 e. The summed E-state index contributed by atoms with van der Waals surface area (Å²) in [7, 11) is 0. The van der Waals surface area contributed by atoms with Gasteiger partial charge in [0.1, 0.15) is 11.4 Å².